The highest BCUT2D eigenvalue weighted by molar-refractivity contribution is 7.27. The second-order valence-electron chi connectivity index (χ2n) is 27.4. The summed E-state index contributed by atoms with van der Waals surface area (Å²) in [6, 6.07) is 117. The third kappa shape index (κ3) is 9.40. The van der Waals surface area contributed by atoms with Gasteiger partial charge in [-0.05, 0) is 124 Å². The van der Waals surface area contributed by atoms with Crippen LogP contribution < -0.4 is 0 Å². The van der Waals surface area contributed by atoms with Crippen LogP contribution >= 0.6 is 34.3 Å². The van der Waals surface area contributed by atoms with Crippen LogP contribution in [0.4, 0.5) is 0 Å². The van der Waals surface area contributed by atoms with Gasteiger partial charge in [0, 0.05) is 99.9 Å². The third-order valence-electron chi connectivity index (χ3n) is 21.9. The Hall–Kier alpha value is -12.8. The van der Waals surface area contributed by atoms with Crippen LogP contribution in [-0.2, 0) is 6.42 Å². The molecule has 0 spiro atoms. The highest BCUT2D eigenvalue weighted by atomic mass is 35.5. The normalized spacial score (nSPS) is 12.1. The van der Waals surface area contributed by atoms with Crippen molar-refractivity contribution in [3.8, 4) is 39.6 Å². The van der Waals surface area contributed by atoms with Crippen LogP contribution in [0.25, 0.3) is 210 Å². The van der Waals surface area contributed by atoms with Crippen molar-refractivity contribution in [3.05, 3.63) is 344 Å². The maximum Gasteiger partial charge on any atom is 0.235 e. The lowest BCUT2D eigenvalue weighted by molar-refractivity contribution is 1.02. The predicted molar refractivity (Wildman–Crippen MR) is 457 cm³/mol. The fraction of sp³-hybridized carbons (Fsp3) is 0.0204. The average Bonchev–Trinajstić information content (AvgIpc) is 1.53. The van der Waals surface area contributed by atoms with E-state index in [0.29, 0.717) is 5.95 Å². The lowest BCUT2D eigenvalue weighted by Gasteiger charge is -2.15. The molecular formula is C98H60ClN5S2. The van der Waals surface area contributed by atoms with Gasteiger partial charge < -0.3 is 0 Å². The zero-order valence-electron chi connectivity index (χ0n) is 56.3. The summed E-state index contributed by atoms with van der Waals surface area (Å²) in [7, 11) is 0. The summed E-state index contributed by atoms with van der Waals surface area (Å²) in [5.41, 5.74) is 14.0. The molecule has 0 fully saturated rings. The Morgan fingerprint density at radius 2 is 0.670 bits per heavy atom. The van der Waals surface area contributed by atoms with Crippen molar-refractivity contribution in [1.29, 1.82) is 0 Å². The molecule has 5 aromatic heterocycles. The molecule has 0 N–H and O–H groups in total. The Kier molecular flexibility index (Phi) is 14.3. The minimum absolute atomic E-state index is 0. The van der Waals surface area contributed by atoms with Gasteiger partial charge in [-0.1, -0.05) is 311 Å². The summed E-state index contributed by atoms with van der Waals surface area (Å²) in [5, 5.41) is 29.8. The molecule has 0 amide bonds. The highest BCUT2D eigenvalue weighted by Crippen LogP contribution is 2.53. The molecule has 0 aliphatic heterocycles. The van der Waals surface area contributed by atoms with Gasteiger partial charge in [0.2, 0.25) is 11.2 Å². The van der Waals surface area contributed by atoms with E-state index in [1.807, 2.05) is 46.9 Å². The fourth-order valence-corrected chi connectivity index (χ4v) is 20.0. The van der Waals surface area contributed by atoms with Crippen molar-refractivity contribution >= 4 is 204 Å². The molecule has 23 aromatic rings. The van der Waals surface area contributed by atoms with E-state index >= 15 is 0 Å². The highest BCUT2D eigenvalue weighted by Gasteiger charge is 2.29. The first-order chi connectivity index (χ1) is 52.0. The molecule has 24 rings (SSSR count). The molecule has 0 radical (unpaired) electrons. The molecule has 496 valence electrons. The van der Waals surface area contributed by atoms with Crippen LogP contribution in [0.15, 0.2) is 328 Å². The van der Waals surface area contributed by atoms with Gasteiger partial charge in [-0.2, -0.15) is 0 Å². The molecule has 1 aliphatic carbocycles. The zero-order chi connectivity index (χ0) is 69.0. The van der Waals surface area contributed by atoms with Crippen LogP contribution in [-0.4, -0.2) is 24.5 Å². The lowest BCUT2D eigenvalue weighted by Crippen LogP contribution is -2.04. The molecule has 0 saturated heterocycles. The van der Waals surface area contributed by atoms with E-state index in [2.05, 4.69) is 318 Å². The number of hydrogen-bond acceptors (Lipinski definition) is 6. The summed E-state index contributed by atoms with van der Waals surface area (Å²) in [4.78, 5) is 20.4. The summed E-state index contributed by atoms with van der Waals surface area (Å²) < 4.78 is 7.79. The van der Waals surface area contributed by atoms with E-state index in [0.717, 1.165) is 88.7 Å². The summed E-state index contributed by atoms with van der Waals surface area (Å²) in [6.07, 6.45) is 1.02. The Bertz CT molecular complexity index is 7670. The van der Waals surface area contributed by atoms with Crippen LogP contribution in [0.2, 0.25) is 5.28 Å². The molecule has 0 atom stereocenters. The number of nitrogens with zero attached hydrogens (tertiary/aromatic N) is 5. The lowest BCUT2D eigenvalue weighted by atomic mass is 9.94. The van der Waals surface area contributed by atoms with Gasteiger partial charge in [0.15, 0.2) is 0 Å². The van der Waals surface area contributed by atoms with Crippen LogP contribution in [0.5, 0.6) is 0 Å². The molecule has 106 heavy (non-hydrogen) atoms. The number of thiophene rings is 2. The SMILES string of the molecule is C.Clc1nc(-c2cccc3ccccc23)c2ccc3ccccc3c2n1.c1ccc2c(-c3nc(-n4c5c6ccccc6ccc5c5c6ccccc6c6sc7ccccc7c6c54)nc4c3ccc3ccccc34)cccc2c1.c1ccc2c3c(ccc2c1)-c1c(c2c4ccccc4sc2c2ccccc12)C3. The van der Waals surface area contributed by atoms with Crippen molar-refractivity contribution in [1.82, 2.24) is 24.5 Å². The molecule has 0 bridgehead atoms. The van der Waals surface area contributed by atoms with Crippen LogP contribution in [0, 0.1) is 0 Å². The fourth-order valence-electron chi connectivity index (χ4n) is 17.3. The molecule has 0 unspecified atom stereocenters. The van der Waals surface area contributed by atoms with E-state index in [1.165, 1.54) is 133 Å². The van der Waals surface area contributed by atoms with Gasteiger partial charge in [-0.15, -0.1) is 22.7 Å². The number of fused-ring (bicyclic) bond motifs is 32. The molecule has 5 heterocycles. The number of hydrogen-bond donors (Lipinski definition) is 0. The van der Waals surface area contributed by atoms with Crippen molar-refractivity contribution < 1.29 is 0 Å². The molecule has 18 aromatic carbocycles. The van der Waals surface area contributed by atoms with Gasteiger partial charge in [-0.25, -0.2) is 19.9 Å². The third-order valence-corrected chi connectivity index (χ3v) is 24.4. The summed E-state index contributed by atoms with van der Waals surface area (Å²) in [5.74, 6) is 0.676. The second-order valence-corrected chi connectivity index (χ2v) is 29.9. The van der Waals surface area contributed by atoms with E-state index in [4.69, 9.17) is 21.6 Å². The first-order valence-electron chi connectivity index (χ1n) is 35.6. The van der Waals surface area contributed by atoms with Gasteiger partial charge in [0.1, 0.15) is 0 Å². The zero-order valence-corrected chi connectivity index (χ0v) is 58.7. The standard InChI is InChI=1S/C48H27N3S.C27H16S.C22H13ClN2.CH4/c1-4-16-31-28(12-1)15-11-22-35(31)44-39-27-25-29-13-2-5-17-32(29)43(39)49-48(50-44)51-45-33-18-6-3-14-30(33)24-26-38(45)41-34-19-7-8-20-36(34)47-42(46(41)51)37-21-9-10-23-40(37)52-47;1-2-8-17-16(7-1)13-14-19-22(17)15-23-25(19)18-9-3-4-10-20(18)27-26(23)21-11-5-6-12-24(21)28-27;23-22-24-20-17-10-4-2-7-15(17)12-13-19(20)21(25-22)18-11-5-8-14-6-1-3-9-16(14)18;/h1-27H;1-14H,15H2;1-13H;1H4. The average molecular weight is 1410 g/mol. The van der Waals surface area contributed by atoms with Crippen molar-refractivity contribution in [2.75, 3.05) is 0 Å². The van der Waals surface area contributed by atoms with E-state index in [9.17, 15) is 0 Å². The minimum Gasteiger partial charge on any atom is -0.277 e. The Balaban J connectivity index is 0.000000112. The molecular weight excluding hydrogens is 1350 g/mol. The van der Waals surface area contributed by atoms with E-state index in [-0.39, 0.29) is 12.7 Å². The maximum atomic E-state index is 6.30. The maximum absolute atomic E-state index is 6.30. The molecule has 0 saturated carbocycles. The van der Waals surface area contributed by atoms with Crippen LogP contribution in [0.3, 0.4) is 0 Å². The minimum atomic E-state index is 0. The largest absolute Gasteiger partial charge is 0.277 e. The second kappa shape index (κ2) is 24.4. The van der Waals surface area contributed by atoms with E-state index < -0.39 is 0 Å². The van der Waals surface area contributed by atoms with Gasteiger partial charge in [0.25, 0.3) is 0 Å². The quantitative estimate of drug-likeness (QED) is 0.131. The summed E-state index contributed by atoms with van der Waals surface area (Å²) in [6.45, 7) is 0. The Morgan fingerprint density at radius 3 is 1.26 bits per heavy atom. The first-order valence-corrected chi connectivity index (χ1v) is 37.6. The first kappa shape index (κ1) is 61.9. The number of benzene rings is 18. The number of rotatable bonds is 3. The van der Waals surface area contributed by atoms with Gasteiger partial charge in [0.05, 0.1) is 33.5 Å². The summed E-state index contributed by atoms with van der Waals surface area (Å²) >= 11 is 10.1. The van der Waals surface area contributed by atoms with Crippen LogP contribution in [0.1, 0.15) is 18.6 Å². The van der Waals surface area contributed by atoms with Gasteiger partial charge in [-0.3, -0.25) is 4.57 Å². The molecule has 5 nitrogen and oxygen atoms in total. The van der Waals surface area contributed by atoms with Crippen molar-refractivity contribution in [2.24, 2.45) is 0 Å². The molecule has 1 aliphatic rings. The number of halogens is 1. The molecule has 8 heteroatoms. The smallest absolute Gasteiger partial charge is 0.235 e. The van der Waals surface area contributed by atoms with Gasteiger partial charge >= 0.3 is 0 Å². The Morgan fingerprint density at radius 1 is 0.264 bits per heavy atom. The van der Waals surface area contributed by atoms with Crippen molar-refractivity contribution in [2.45, 2.75) is 13.8 Å². The predicted octanol–water partition coefficient (Wildman–Crippen LogP) is 28.2. The monoisotopic (exact) mass is 1410 g/mol. The van der Waals surface area contributed by atoms with Crippen molar-refractivity contribution in [3.63, 3.8) is 0 Å². The number of aromatic nitrogens is 5. The van der Waals surface area contributed by atoms with E-state index in [1.54, 1.807) is 0 Å². The Labute approximate surface area is 621 Å². The topological polar surface area (TPSA) is 56.5 Å².